The van der Waals surface area contributed by atoms with E-state index in [9.17, 15) is 14.0 Å². The summed E-state index contributed by atoms with van der Waals surface area (Å²) < 4.78 is 19.0. The van der Waals surface area contributed by atoms with Gasteiger partial charge in [-0.1, -0.05) is 29.8 Å². The Morgan fingerprint density at radius 2 is 2.09 bits per heavy atom. The van der Waals surface area contributed by atoms with Crippen LogP contribution in [-0.2, 0) is 9.53 Å². The van der Waals surface area contributed by atoms with Gasteiger partial charge in [0.25, 0.3) is 0 Å². The van der Waals surface area contributed by atoms with Crippen molar-refractivity contribution in [2.75, 3.05) is 5.32 Å². The predicted molar refractivity (Wildman–Crippen MR) is 79.2 cm³/mol. The number of amides is 1. The lowest BCUT2D eigenvalue weighted by atomic mass is 10.1. The van der Waals surface area contributed by atoms with Crippen molar-refractivity contribution in [3.8, 4) is 0 Å². The van der Waals surface area contributed by atoms with Crippen LogP contribution in [0.1, 0.15) is 18.1 Å². The van der Waals surface area contributed by atoms with E-state index in [0.29, 0.717) is 12.0 Å². The highest BCUT2D eigenvalue weighted by Crippen LogP contribution is 2.26. The fraction of sp³-hybridized carbons (Fsp3) is 0.133. The topological polar surface area (TPSA) is 68.3 Å². The van der Waals surface area contributed by atoms with Gasteiger partial charge in [0.2, 0.25) is 0 Å². The first-order chi connectivity index (χ1) is 10.6. The van der Waals surface area contributed by atoms with Gasteiger partial charge in [-0.2, -0.15) is 0 Å². The molecule has 0 aliphatic heterocycles. The van der Waals surface area contributed by atoms with Crippen molar-refractivity contribution in [1.82, 2.24) is 4.98 Å². The zero-order chi connectivity index (χ0) is 15.9. The zero-order valence-electron chi connectivity index (χ0n) is 11.3. The van der Waals surface area contributed by atoms with Gasteiger partial charge in [-0.25, -0.2) is 14.2 Å². The molecule has 0 bridgehead atoms. The Kier molecular flexibility index (Phi) is 5.43. The zero-order valence-corrected chi connectivity index (χ0v) is 12.1. The second-order valence-electron chi connectivity index (χ2n) is 4.29. The summed E-state index contributed by atoms with van der Waals surface area (Å²) in [7, 11) is 0. The van der Waals surface area contributed by atoms with Gasteiger partial charge in [0.05, 0.1) is 0 Å². The second kappa shape index (κ2) is 7.51. The number of benzene rings is 1. The van der Waals surface area contributed by atoms with Crippen molar-refractivity contribution in [1.29, 1.82) is 0 Å². The average Bonchev–Trinajstić information content (AvgIpc) is 2.50. The third-order valence-electron chi connectivity index (χ3n) is 2.80. The van der Waals surface area contributed by atoms with Crippen molar-refractivity contribution >= 4 is 29.7 Å². The van der Waals surface area contributed by atoms with Gasteiger partial charge in [-0.3, -0.25) is 5.32 Å². The maximum absolute atomic E-state index is 13.9. The molecule has 0 saturated heterocycles. The van der Waals surface area contributed by atoms with Crippen LogP contribution < -0.4 is 5.32 Å². The van der Waals surface area contributed by atoms with Crippen molar-refractivity contribution in [2.45, 2.75) is 12.5 Å². The molecule has 0 saturated carbocycles. The molecule has 1 aromatic carbocycles. The van der Waals surface area contributed by atoms with Gasteiger partial charge in [-0.15, -0.1) is 0 Å². The Bertz CT molecular complexity index is 667. The Balaban J connectivity index is 2.13. The third kappa shape index (κ3) is 4.02. The first kappa shape index (κ1) is 15.9. The van der Waals surface area contributed by atoms with E-state index in [0.717, 1.165) is 0 Å². The number of nitrogens with zero attached hydrogens (tertiary/aromatic N) is 1. The Morgan fingerprint density at radius 1 is 1.36 bits per heavy atom. The van der Waals surface area contributed by atoms with E-state index in [1.807, 2.05) is 0 Å². The molecule has 7 heteroatoms. The molecule has 0 aliphatic rings. The fourth-order valence-electron chi connectivity index (χ4n) is 1.80. The lowest BCUT2D eigenvalue weighted by Gasteiger charge is -2.17. The van der Waals surface area contributed by atoms with Crippen molar-refractivity contribution < 1.29 is 18.7 Å². The molecule has 0 fully saturated rings. The molecule has 0 aliphatic carbocycles. The molecule has 2 rings (SSSR count). The summed E-state index contributed by atoms with van der Waals surface area (Å²) in [6.45, 7) is 0. The summed E-state index contributed by atoms with van der Waals surface area (Å²) in [6.07, 6.45) is -0.267. The molecule has 0 radical (unpaired) electrons. The Hall–Kier alpha value is -2.47. The van der Waals surface area contributed by atoms with Crippen LogP contribution in [0, 0.1) is 5.82 Å². The first-order valence-corrected chi connectivity index (χ1v) is 6.76. The van der Waals surface area contributed by atoms with E-state index in [1.54, 1.807) is 30.3 Å². The number of ether oxygens (including phenoxy) is 1. The van der Waals surface area contributed by atoms with E-state index in [-0.39, 0.29) is 17.1 Å². The first-order valence-electron chi connectivity index (χ1n) is 6.38. The normalized spacial score (nSPS) is 11.5. The summed E-state index contributed by atoms with van der Waals surface area (Å²) in [4.78, 5) is 26.2. The number of nitrogens with one attached hydrogen (secondary N) is 1. The molecule has 114 valence electrons. The van der Waals surface area contributed by atoms with Gasteiger partial charge in [0.15, 0.2) is 11.0 Å². The molecule has 1 aromatic heterocycles. The third-order valence-corrected chi connectivity index (χ3v) is 3.07. The van der Waals surface area contributed by atoms with Gasteiger partial charge in [0.1, 0.15) is 12.4 Å². The number of rotatable bonds is 5. The number of hydrogen-bond acceptors (Lipinski definition) is 4. The summed E-state index contributed by atoms with van der Waals surface area (Å²) in [5, 5.41) is 2.14. The van der Waals surface area contributed by atoms with E-state index in [2.05, 4.69) is 10.3 Å². The van der Waals surface area contributed by atoms with Crippen molar-refractivity contribution in [3.05, 3.63) is 59.1 Å². The molecule has 1 atom stereocenters. The van der Waals surface area contributed by atoms with Crippen LogP contribution >= 0.6 is 11.6 Å². The minimum atomic E-state index is -1.08. The molecular formula is C15H12ClFN2O3. The van der Waals surface area contributed by atoms with E-state index >= 15 is 0 Å². The van der Waals surface area contributed by atoms with Gasteiger partial charge >= 0.3 is 6.09 Å². The minimum Gasteiger partial charge on any atom is -0.441 e. The highest BCUT2D eigenvalue weighted by Gasteiger charge is 2.22. The Morgan fingerprint density at radius 3 is 2.77 bits per heavy atom. The van der Waals surface area contributed by atoms with Gasteiger partial charge in [-0.05, 0) is 18.2 Å². The largest absolute Gasteiger partial charge is 0.441 e. The van der Waals surface area contributed by atoms with Crippen LogP contribution in [0.25, 0.3) is 0 Å². The number of aromatic nitrogens is 1. The van der Waals surface area contributed by atoms with Crippen LogP contribution in [0.4, 0.5) is 14.9 Å². The average molecular weight is 323 g/mol. The Labute approximate surface area is 131 Å². The van der Waals surface area contributed by atoms with Crippen LogP contribution in [-0.4, -0.2) is 17.4 Å². The summed E-state index contributed by atoms with van der Waals surface area (Å²) in [5.74, 6) is -0.816. The summed E-state index contributed by atoms with van der Waals surface area (Å²) in [6, 6.07) is 9.91. The van der Waals surface area contributed by atoms with Gasteiger partial charge in [0, 0.05) is 23.9 Å². The standard InChI is InChI=1S/C15H12ClFN2O3/c16-14-13(17)11(6-8-18-14)12(7-9-20)22-15(21)19-10-4-2-1-3-5-10/h1-6,8-9,12H,7H2,(H,19,21). The van der Waals surface area contributed by atoms with Crippen molar-refractivity contribution in [2.24, 2.45) is 0 Å². The lowest BCUT2D eigenvalue weighted by molar-refractivity contribution is -0.109. The predicted octanol–water partition coefficient (Wildman–Crippen LogP) is 3.75. The monoisotopic (exact) mass is 322 g/mol. The highest BCUT2D eigenvalue weighted by atomic mass is 35.5. The minimum absolute atomic E-state index is 0.00434. The number of para-hydroxylation sites is 1. The molecule has 1 amide bonds. The van der Waals surface area contributed by atoms with Crippen LogP contribution in [0.15, 0.2) is 42.6 Å². The number of carbonyl (C=O) groups excluding carboxylic acids is 2. The number of pyridine rings is 1. The van der Waals surface area contributed by atoms with E-state index in [1.165, 1.54) is 12.3 Å². The van der Waals surface area contributed by atoms with E-state index in [4.69, 9.17) is 16.3 Å². The SMILES string of the molecule is O=CCC(OC(=O)Nc1ccccc1)c1ccnc(Cl)c1F. The van der Waals surface area contributed by atoms with Gasteiger partial charge < -0.3 is 9.53 Å². The molecule has 1 N–H and O–H groups in total. The smallest absolute Gasteiger partial charge is 0.412 e. The second-order valence-corrected chi connectivity index (χ2v) is 4.65. The molecule has 2 aromatic rings. The summed E-state index contributed by atoms with van der Waals surface area (Å²) >= 11 is 5.59. The van der Waals surface area contributed by atoms with E-state index < -0.39 is 18.0 Å². The van der Waals surface area contributed by atoms with Crippen LogP contribution in [0.2, 0.25) is 5.15 Å². The van der Waals surface area contributed by atoms with Crippen LogP contribution in [0.5, 0.6) is 0 Å². The number of halogens is 2. The van der Waals surface area contributed by atoms with Crippen LogP contribution in [0.3, 0.4) is 0 Å². The number of anilines is 1. The highest BCUT2D eigenvalue weighted by molar-refractivity contribution is 6.29. The molecule has 5 nitrogen and oxygen atoms in total. The molecule has 1 unspecified atom stereocenters. The molecule has 0 spiro atoms. The summed E-state index contributed by atoms with van der Waals surface area (Å²) in [5.41, 5.74) is 0.515. The molecule has 22 heavy (non-hydrogen) atoms. The van der Waals surface area contributed by atoms with Crippen molar-refractivity contribution in [3.63, 3.8) is 0 Å². The molecular weight excluding hydrogens is 311 g/mol. The lowest BCUT2D eigenvalue weighted by Crippen LogP contribution is -2.18. The quantitative estimate of drug-likeness (QED) is 0.672. The molecule has 1 heterocycles. The number of carbonyl (C=O) groups is 2. The number of hydrogen-bond donors (Lipinski definition) is 1. The maximum atomic E-state index is 13.9. The maximum Gasteiger partial charge on any atom is 0.412 e. The fourth-order valence-corrected chi connectivity index (χ4v) is 1.97. The number of aldehydes is 1.